The average Bonchev–Trinajstić information content (AvgIpc) is 1.60. The van der Waals surface area contributed by atoms with Crippen molar-refractivity contribution in [2.75, 3.05) is 0 Å². The maximum absolute atomic E-state index is 12.2. The third-order valence-corrected chi connectivity index (χ3v) is 33.0. The molecule has 0 aliphatic carbocycles. The van der Waals surface area contributed by atoms with E-state index in [2.05, 4.69) is 204 Å². The molecule has 0 saturated heterocycles. The van der Waals surface area contributed by atoms with Crippen LogP contribution in [0.5, 0.6) is 0 Å². The standard InChI is InChI=1S/C69H114N2.C30H40N2.2C11H23.2C8H17.2Ni/c1-5-8-11-13-15-17-19-21-23-25-27-29-31-33-35-37-39-41-43-45-47-49-55-63-57-51-53-60-66(63)68-62(4)65(59-10-7-3)69(71(68)70)67-61-54-52-58-64(67)56-50-48-46-44-42-40-38-36-34-32-30-28-26-24-22-20-18-16-14-12-9-6-2;1-5-8-11-14-28-23(4)29(26-19-15-24(16-20-26)12-9-6-2)32(31)30(28)27-21-17-25(18-22-27)13-10-7-3;2*1-3-5-7-9-11-10-8-6-4-2;2*1-3-5-7-8-6-4-2;;/h43-46,51-54,57-58,60-61H,5-42,47-50,55-56,59H2,1-4H3;15-22H,5-14H2,1-4H3;2*1,3-11H2,2H3;2*1,3-8H2,2H3;;. The van der Waals surface area contributed by atoms with Crippen molar-refractivity contribution in [2.45, 2.75) is 650 Å². The quantitative estimate of drug-likeness (QED) is 0.0183. The topological polar surface area (TPSA) is 50.6 Å². The number of aryl methyl sites for hydroxylation is 4. The number of allylic oxidation sites excluding steroid dienone is 8. The molecule has 0 saturated carbocycles. The van der Waals surface area contributed by atoms with Crippen molar-refractivity contribution in [3.8, 4) is 0 Å². The third-order valence-electron chi connectivity index (χ3n) is 30.2. The molecule has 0 bridgehead atoms. The summed E-state index contributed by atoms with van der Waals surface area (Å²) in [6.45, 7) is 27.2. The van der Waals surface area contributed by atoms with Gasteiger partial charge in [0.15, 0.2) is 0 Å². The van der Waals surface area contributed by atoms with Crippen LogP contribution >= 0.6 is 0 Å². The van der Waals surface area contributed by atoms with Crippen LogP contribution in [0.1, 0.15) is 648 Å². The first-order chi connectivity index (χ1) is 70.6. The molecule has 822 valence electrons. The summed E-state index contributed by atoms with van der Waals surface area (Å²) in [5.41, 5.74) is 42.6. The molecule has 0 radical (unpaired) electrons. The van der Waals surface area contributed by atoms with Gasteiger partial charge in [0.2, 0.25) is 22.8 Å². The van der Waals surface area contributed by atoms with Gasteiger partial charge in [-0.2, -0.15) is 0 Å². The Morgan fingerprint density at radius 2 is 0.413 bits per heavy atom. The first-order valence-electron chi connectivity index (χ1n) is 63.0. The summed E-state index contributed by atoms with van der Waals surface area (Å²) in [4.78, 5) is 0. The Bertz CT molecular complexity index is 3730. The van der Waals surface area contributed by atoms with E-state index in [0.717, 1.165) is 117 Å². The van der Waals surface area contributed by atoms with E-state index in [4.69, 9.17) is 0 Å². The second kappa shape index (κ2) is 99.5. The molecule has 6 heteroatoms. The molecule has 0 spiro atoms. The van der Waals surface area contributed by atoms with E-state index in [0.29, 0.717) is 0 Å². The number of hydrogen-bond donors (Lipinski definition) is 0. The van der Waals surface area contributed by atoms with Crippen molar-refractivity contribution in [3.63, 3.8) is 0 Å². The summed E-state index contributed by atoms with van der Waals surface area (Å²) in [7, 11) is 0. The molecule has 0 fully saturated rings. The zero-order chi connectivity index (χ0) is 103. The van der Waals surface area contributed by atoms with Gasteiger partial charge in [-0.25, -0.2) is 9.39 Å². The Kier molecular flexibility index (Phi) is 92.3. The van der Waals surface area contributed by atoms with Gasteiger partial charge in [0.05, 0.1) is 0 Å². The fraction of sp³-hybridized carbons (Fsp3) is 0.737. The molecule has 4 aromatic rings. The van der Waals surface area contributed by atoms with Crippen molar-refractivity contribution in [1.29, 1.82) is 0 Å². The van der Waals surface area contributed by atoms with Gasteiger partial charge in [0.1, 0.15) is 0 Å². The minimum atomic E-state index is 0.934. The molecule has 6 rings (SSSR count). The predicted octanol–water partition coefficient (Wildman–Crippen LogP) is 48.6. The SMILES string of the molecule is CCCCCC1=C(c2ccc(CCCC)cc2)[N+](=[N-])C(c2ccc(CCCC)cc2)=C1C.CCCCCCCCCCCCCCCCCCCC=CCCCc1ccccc1C1=C(C)C(CCCC)=C(c2ccccc2CCCC=CCCCCCCCCCCCCCCCCCCC)[N+]1=[N-].CCCCCCCCCC[CH2][Ni][CH2]CCCCCCCCCC.CCCCCCC[CH2][Ni][CH2]CCCCCCC. The minimum absolute atomic E-state index is 0.934. The van der Waals surface area contributed by atoms with Crippen LogP contribution in [0, 0.1) is 0 Å². The molecule has 143 heavy (non-hydrogen) atoms. The fourth-order valence-corrected chi connectivity index (χ4v) is 23.3. The van der Waals surface area contributed by atoms with Crippen LogP contribution in [0.2, 0.25) is 21.6 Å². The number of benzene rings is 4. The Labute approximate surface area is 903 Å². The molecule has 0 unspecified atom stereocenters. The first kappa shape index (κ1) is 133. The second-order valence-electron chi connectivity index (χ2n) is 43.5. The molecule has 0 amide bonds. The molecule has 4 nitrogen and oxygen atoms in total. The average molecular weight is 2050 g/mol. The van der Waals surface area contributed by atoms with Gasteiger partial charge in [-0.3, -0.25) is 0 Å². The Hall–Kier alpha value is -4.49. The van der Waals surface area contributed by atoms with Crippen LogP contribution in [0.4, 0.5) is 0 Å². The van der Waals surface area contributed by atoms with Gasteiger partial charge in [-0.1, -0.05) is 364 Å². The van der Waals surface area contributed by atoms with Crippen LogP contribution in [-0.4, -0.2) is 9.39 Å². The van der Waals surface area contributed by atoms with Crippen LogP contribution in [0.15, 0.2) is 144 Å². The molecular formula is C137H234N4Ni2. The molecule has 2 aliphatic rings. The summed E-state index contributed by atoms with van der Waals surface area (Å²) in [5.74, 6) is 0. The molecule has 2 heterocycles. The summed E-state index contributed by atoms with van der Waals surface area (Å²) >= 11 is 4.03. The van der Waals surface area contributed by atoms with Crippen molar-refractivity contribution in [3.05, 3.63) is 199 Å². The molecular weight excluding hydrogens is 1820 g/mol. The molecule has 0 atom stereocenters. The van der Waals surface area contributed by atoms with Crippen LogP contribution in [-0.2, 0) is 54.6 Å². The summed E-state index contributed by atoms with van der Waals surface area (Å²) < 4.78 is 3.04. The predicted molar refractivity (Wildman–Crippen MR) is 635 cm³/mol. The number of unbranched alkanes of at least 4 members (excludes halogenated alkanes) is 67. The molecule has 0 aromatic heterocycles. The Balaban J connectivity index is 0.000000591. The van der Waals surface area contributed by atoms with Gasteiger partial charge in [0.25, 0.3) is 0 Å². The van der Waals surface area contributed by atoms with Gasteiger partial charge in [-0.05, 0) is 188 Å². The van der Waals surface area contributed by atoms with E-state index in [-0.39, 0.29) is 0 Å². The van der Waals surface area contributed by atoms with Crippen LogP contribution in [0.25, 0.3) is 33.9 Å². The van der Waals surface area contributed by atoms with Crippen LogP contribution in [0.3, 0.4) is 0 Å². The Morgan fingerprint density at radius 1 is 0.196 bits per heavy atom. The Morgan fingerprint density at radius 3 is 0.713 bits per heavy atom. The van der Waals surface area contributed by atoms with E-state index < -0.39 is 0 Å². The normalized spacial score (nSPS) is 12.8. The summed E-state index contributed by atoms with van der Waals surface area (Å²) in [5, 5.41) is 5.71. The van der Waals surface area contributed by atoms with Crippen LogP contribution < -0.4 is 0 Å². The summed E-state index contributed by atoms with van der Waals surface area (Å²) in [6, 6.07) is 35.4. The van der Waals surface area contributed by atoms with Crippen molar-refractivity contribution >= 4 is 22.8 Å². The van der Waals surface area contributed by atoms with Gasteiger partial charge < -0.3 is 11.1 Å². The number of hydrogen-bond acceptors (Lipinski definition) is 0. The second-order valence-corrected chi connectivity index (χ2v) is 46.4. The fourth-order valence-electron chi connectivity index (χ4n) is 20.8. The van der Waals surface area contributed by atoms with Gasteiger partial charge in [-0.15, -0.1) is 0 Å². The van der Waals surface area contributed by atoms with E-state index in [1.54, 1.807) is 4.70 Å². The van der Waals surface area contributed by atoms with E-state index >= 15 is 0 Å². The zero-order valence-corrected chi connectivity index (χ0v) is 98.9. The van der Waals surface area contributed by atoms with E-state index in [1.165, 1.54) is 544 Å². The number of nitrogens with zero attached hydrogens (tertiary/aromatic N) is 4. The van der Waals surface area contributed by atoms with E-state index in [9.17, 15) is 11.1 Å². The van der Waals surface area contributed by atoms with Crippen molar-refractivity contribution < 1.29 is 38.3 Å². The monoisotopic (exact) mass is 2050 g/mol. The van der Waals surface area contributed by atoms with E-state index in [1.807, 2.05) is 28.9 Å². The molecule has 4 aromatic carbocycles. The zero-order valence-electron chi connectivity index (χ0n) is 96.9. The van der Waals surface area contributed by atoms with Crippen molar-refractivity contribution in [2.24, 2.45) is 0 Å². The molecule has 2 aliphatic heterocycles. The maximum atomic E-state index is 12.2. The third kappa shape index (κ3) is 68.1. The van der Waals surface area contributed by atoms with Crippen molar-refractivity contribution in [1.82, 2.24) is 0 Å². The summed E-state index contributed by atoms with van der Waals surface area (Å²) in [6.07, 6.45) is 126. The van der Waals surface area contributed by atoms with Gasteiger partial charge >= 0.3 is 271 Å². The number of rotatable bonds is 95. The molecule has 0 N–H and O–H groups in total. The first-order valence-corrected chi connectivity index (χ1v) is 65.8. The van der Waals surface area contributed by atoms with Gasteiger partial charge in [0, 0.05) is 44.5 Å².